The second-order valence-electron chi connectivity index (χ2n) is 2.54. The molecule has 1 amide bonds. The van der Waals surface area contributed by atoms with Crippen molar-refractivity contribution in [3.8, 4) is 0 Å². The van der Waals surface area contributed by atoms with Crippen LogP contribution in [0.3, 0.4) is 0 Å². The van der Waals surface area contributed by atoms with Crippen LogP contribution in [0.1, 0.15) is 12.8 Å². The Morgan fingerprint density at radius 3 is 2.79 bits per heavy atom. The Hall–Kier alpha value is -1.98. The maximum atomic E-state index is 11.1. The Morgan fingerprint density at radius 1 is 1.43 bits per heavy atom. The second kappa shape index (κ2) is 4.90. The predicted octanol–water partition coefficient (Wildman–Crippen LogP) is 0.280. The molecule has 2 N–H and O–H groups in total. The molecule has 74 valence electrons. The van der Waals surface area contributed by atoms with Crippen molar-refractivity contribution in [2.24, 2.45) is 0 Å². The van der Waals surface area contributed by atoms with Crippen LogP contribution in [-0.2, 0) is 9.59 Å². The molecule has 1 heterocycles. The summed E-state index contributed by atoms with van der Waals surface area (Å²) in [5.41, 5.74) is 0. The van der Waals surface area contributed by atoms with Gasteiger partial charge in [-0.05, 0) is 6.07 Å². The van der Waals surface area contributed by atoms with Gasteiger partial charge in [-0.1, -0.05) is 0 Å². The van der Waals surface area contributed by atoms with E-state index in [0.717, 1.165) is 0 Å². The molecule has 14 heavy (non-hydrogen) atoms. The molecule has 0 unspecified atom stereocenters. The number of carboxylic acids is 1. The Morgan fingerprint density at radius 2 is 2.21 bits per heavy atom. The topological polar surface area (TPSA) is 92.2 Å². The number of nitrogens with one attached hydrogen (secondary N) is 1. The van der Waals surface area contributed by atoms with Crippen LogP contribution in [0.2, 0.25) is 0 Å². The molecule has 0 aromatic carbocycles. The van der Waals surface area contributed by atoms with E-state index in [-0.39, 0.29) is 18.7 Å². The first-order valence-corrected chi connectivity index (χ1v) is 3.96. The van der Waals surface area contributed by atoms with Gasteiger partial charge in [0, 0.05) is 12.6 Å². The molecular weight excluding hydrogens is 186 g/mol. The number of carbonyl (C=O) groups excluding carboxylic acids is 1. The number of nitrogens with zero attached hydrogens (tertiary/aromatic N) is 2. The van der Waals surface area contributed by atoms with Crippen LogP contribution in [0, 0.1) is 0 Å². The Bertz CT molecular complexity index is 326. The minimum Gasteiger partial charge on any atom is -0.481 e. The first-order chi connectivity index (χ1) is 6.68. The lowest BCUT2D eigenvalue weighted by Gasteiger charge is -2.01. The van der Waals surface area contributed by atoms with Crippen LogP contribution < -0.4 is 5.32 Å². The zero-order valence-electron chi connectivity index (χ0n) is 7.30. The van der Waals surface area contributed by atoms with E-state index in [0.29, 0.717) is 5.82 Å². The predicted molar refractivity (Wildman–Crippen MR) is 47.5 cm³/mol. The lowest BCUT2D eigenvalue weighted by atomic mass is 10.3. The van der Waals surface area contributed by atoms with E-state index in [1.807, 2.05) is 0 Å². The summed E-state index contributed by atoms with van der Waals surface area (Å²) in [6, 6.07) is 1.53. The summed E-state index contributed by atoms with van der Waals surface area (Å²) < 4.78 is 0. The van der Waals surface area contributed by atoms with E-state index >= 15 is 0 Å². The molecule has 0 aliphatic heterocycles. The molecule has 0 fully saturated rings. The van der Waals surface area contributed by atoms with E-state index in [1.54, 1.807) is 0 Å². The molecule has 0 saturated carbocycles. The van der Waals surface area contributed by atoms with Gasteiger partial charge in [-0.15, -0.1) is 0 Å². The normalized spacial score (nSPS) is 9.43. The number of hydrogen-bond donors (Lipinski definition) is 2. The molecule has 6 nitrogen and oxygen atoms in total. The number of aromatic nitrogens is 2. The van der Waals surface area contributed by atoms with Gasteiger partial charge in [-0.25, -0.2) is 9.97 Å². The van der Waals surface area contributed by atoms with Gasteiger partial charge >= 0.3 is 5.97 Å². The molecule has 0 aliphatic carbocycles. The Kier molecular flexibility index (Phi) is 3.54. The fourth-order valence-corrected chi connectivity index (χ4v) is 0.790. The zero-order chi connectivity index (χ0) is 10.4. The summed E-state index contributed by atoms with van der Waals surface area (Å²) in [7, 11) is 0. The number of carboxylic acid groups (broad SMARTS) is 1. The average Bonchev–Trinajstić information content (AvgIpc) is 2.16. The molecule has 0 radical (unpaired) electrons. The molecule has 0 aliphatic rings. The smallest absolute Gasteiger partial charge is 0.303 e. The van der Waals surface area contributed by atoms with Gasteiger partial charge in [0.05, 0.1) is 6.42 Å². The number of hydrogen-bond acceptors (Lipinski definition) is 4. The number of amides is 1. The van der Waals surface area contributed by atoms with Gasteiger partial charge in [-0.3, -0.25) is 9.59 Å². The van der Waals surface area contributed by atoms with Gasteiger partial charge in [0.2, 0.25) is 5.91 Å². The summed E-state index contributed by atoms with van der Waals surface area (Å²) in [5, 5.41) is 10.8. The summed E-state index contributed by atoms with van der Waals surface area (Å²) in [6.45, 7) is 0. The quantitative estimate of drug-likeness (QED) is 0.719. The molecular formula is C8H9N3O3. The lowest BCUT2D eigenvalue weighted by molar-refractivity contribution is -0.138. The van der Waals surface area contributed by atoms with Crippen molar-refractivity contribution in [1.29, 1.82) is 0 Å². The number of anilines is 1. The van der Waals surface area contributed by atoms with E-state index in [1.165, 1.54) is 18.6 Å². The van der Waals surface area contributed by atoms with Gasteiger partial charge in [0.15, 0.2) is 0 Å². The molecule has 0 atom stereocenters. The van der Waals surface area contributed by atoms with Gasteiger partial charge in [-0.2, -0.15) is 0 Å². The minimum absolute atomic E-state index is 0.0562. The van der Waals surface area contributed by atoms with Crippen molar-refractivity contribution in [3.63, 3.8) is 0 Å². The average molecular weight is 195 g/mol. The van der Waals surface area contributed by atoms with E-state index in [4.69, 9.17) is 5.11 Å². The first-order valence-electron chi connectivity index (χ1n) is 3.96. The van der Waals surface area contributed by atoms with E-state index < -0.39 is 5.97 Å². The molecule has 0 spiro atoms. The van der Waals surface area contributed by atoms with Crippen LogP contribution in [0.5, 0.6) is 0 Å². The number of aliphatic carboxylic acids is 1. The van der Waals surface area contributed by atoms with Crippen molar-refractivity contribution in [1.82, 2.24) is 9.97 Å². The Balaban J connectivity index is 2.38. The first kappa shape index (κ1) is 10.1. The summed E-state index contributed by atoms with van der Waals surface area (Å²) in [4.78, 5) is 28.7. The summed E-state index contributed by atoms with van der Waals surface area (Å²) in [5.74, 6) is -0.996. The fraction of sp³-hybridized carbons (Fsp3) is 0.250. The maximum Gasteiger partial charge on any atom is 0.303 e. The van der Waals surface area contributed by atoms with Crippen molar-refractivity contribution in [3.05, 3.63) is 18.6 Å². The van der Waals surface area contributed by atoms with Crippen molar-refractivity contribution < 1.29 is 14.7 Å². The molecule has 1 rings (SSSR count). The largest absolute Gasteiger partial charge is 0.481 e. The SMILES string of the molecule is O=C(O)CCC(=O)Nc1ccncn1. The van der Waals surface area contributed by atoms with Crippen molar-refractivity contribution in [2.75, 3.05) is 5.32 Å². The van der Waals surface area contributed by atoms with Crippen molar-refractivity contribution >= 4 is 17.7 Å². The number of carbonyl (C=O) groups is 2. The minimum atomic E-state index is -0.997. The highest BCUT2D eigenvalue weighted by Crippen LogP contribution is 2.00. The van der Waals surface area contributed by atoms with Gasteiger partial charge in [0.1, 0.15) is 12.1 Å². The Labute approximate surface area is 80.0 Å². The highest BCUT2D eigenvalue weighted by molar-refractivity contribution is 5.91. The highest BCUT2D eigenvalue weighted by atomic mass is 16.4. The van der Waals surface area contributed by atoms with E-state index in [9.17, 15) is 9.59 Å². The second-order valence-corrected chi connectivity index (χ2v) is 2.54. The third-order valence-electron chi connectivity index (χ3n) is 1.42. The summed E-state index contributed by atoms with van der Waals surface area (Å²) >= 11 is 0. The van der Waals surface area contributed by atoms with Crippen LogP contribution in [0.25, 0.3) is 0 Å². The monoisotopic (exact) mass is 195 g/mol. The van der Waals surface area contributed by atoms with Crippen LogP contribution in [-0.4, -0.2) is 27.0 Å². The molecule has 1 aromatic heterocycles. The van der Waals surface area contributed by atoms with Gasteiger partial charge in [0.25, 0.3) is 0 Å². The molecule has 0 bridgehead atoms. The molecule has 0 saturated heterocycles. The van der Waals surface area contributed by atoms with Gasteiger partial charge < -0.3 is 10.4 Å². The van der Waals surface area contributed by atoms with Crippen LogP contribution in [0.15, 0.2) is 18.6 Å². The third kappa shape index (κ3) is 3.61. The zero-order valence-corrected chi connectivity index (χ0v) is 7.30. The molecule has 6 heteroatoms. The van der Waals surface area contributed by atoms with Crippen LogP contribution in [0.4, 0.5) is 5.82 Å². The lowest BCUT2D eigenvalue weighted by Crippen LogP contribution is -2.13. The molecule has 1 aromatic rings. The summed E-state index contributed by atoms with van der Waals surface area (Å²) in [6.07, 6.45) is 2.54. The maximum absolute atomic E-state index is 11.1. The highest BCUT2D eigenvalue weighted by Gasteiger charge is 2.05. The van der Waals surface area contributed by atoms with Crippen molar-refractivity contribution in [2.45, 2.75) is 12.8 Å². The van der Waals surface area contributed by atoms with Crippen LogP contribution >= 0.6 is 0 Å². The standard InChI is InChI=1S/C8H9N3O3/c12-7(1-2-8(13)14)11-6-3-4-9-5-10-6/h3-5H,1-2H2,(H,13,14)(H,9,10,11,12). The fourth-order valence-electron chi connectivity index (χ4n) is 0.790. The third-order valence-corrected chi connectivity index (χ3v) is 1.42. The van der Waals surface area contributed by atoms with E-state index in [2.05, 4.69) is 15.3 Å². The number of rotatable bonds is 4.